The zero-order valence-electron chi connectivity index (χ0n) is 7.55. The molecular weight excluding hydrogens is 126 g/mol. The third kappa shape index (κ3) is 2.38. The zero-order chi connectivity index (χ0) is 8.43. The first kappa shape index (κ1) is 6.20. The van der Waals surface area contributed by atoms with Gasteiger partial charge in [-0.15, -0.1) is 0 Å². The summed E-state index contributed by atoms with van der Waals surface area (Å²) in [6, 6.07) is 0. The Morgan fingerprint density at radius 3 is 2.90 bits per heavy atom. The fourth-order valence-corrected chi connectivity index (χ4v) is 0.699. The Bertz CT molecular complexity index is 158. The van der Waals surface area contributed by atoms with Crippen LogP contribution in [-0.2, 0) is 4.79 Å². The van der Waals surface area contributed by atoms with Crippen LogP contribution >= 0.6 is 0 Å². The first-order chi connectivity index (χ1) is 5.11. The van der Waals surface area contributed by atoms with E-state index in [1.54, 1.807) is 0 Å². The third-order valence-electron chi connectivity index (χ3n) is 1.63. The summed E-state index contributed by atoms with van der Waals surface area (Å²) in [6.45, 7) is 4.45. The van der Waals surface area contributed by atoms with Crippen LogP contribution in [0.15, 0.2) is 0 Å². The second kappa shape index (κ2) is 3.04. The molecule has 2 atom stereocenters. The summed E-state index contributed by atoms with van der Waals surface area (Å²) < 4.78 is 7.25. The van der Waals surface area contributed by atoms with Crippen LogP contribution in [0, 0.1) is 11.8 Å². The standard InChI is InChI=1S/C8H15NO/c1-6(2)8(10)9-5-7-3-4-7/h6-7H,3-5H2,1-2H3,(H,9,10)/i3T. The minimum absolute atomic E-state index is 0.0675. The Morgan fingerprint density at radius 2 is 2.50 bits per heavy atom. The highest BCUT2D eigenvalue weighted by atomic mass is 16.1. The van der Waals surface area contributed by atoms with Gasteiger partial charge in [0.25, 0.3) is 0 Å². The first-order valence-electron chi connectivity index (χ1n) is 4.39. The number of rotatable bonds is 3. The summed E-state index contributed by atoms with van der Waals surface area (Å²) in [5.74, 6) is 0.597. The van der Waals surface area contributed by atoms with Crippen molar-refractivity contribution in [1.82, 2.24) is 5.32 Å². The van der Waals surface area contributed by atoms with Crippen molar-refractivity contribution in [2.24, 2.45) is 11.8 Å². The highest BCUT2D eigenvalue weighted by molar-refractivity contribution is 5.77. The van der Waals surface area contributed by atoms with Crippen LogP contribution in [-0.4, -0.2) is 12.5 Å². The van der Waals surface area contributed by atoms with Gasteiger partial charge in [0.1, 0.15) is 0 Å². The Balaban J connectivity index is 2.07. The molecular formula is C8H15NO. The van der Waals surface area contributed by atoms with Gasteiger partial charge < -0.3 is 5.32 Å². The minimum Gasteiger partial charge on any atom is -0.356 e. The molecule has 0 aromatic rings. The maximum atomic E-state index is 11.0. The van der Waals surface area contributed by atoms with E-state index in [-0.39, 0.29) is 18.2 Å². The van der Waals surface area contributed by atoms with E-state index in [4.69, 9.17) is 1.37 Å². The molecule has 0 spiro atoms. The predicted octanol–water partition coefficient (Wildman–Crippen LogP) is 1.17. The molecule has 1 rings (SSSR count). The Labute approximate surface area is 63.4 Å². The molecule has 1 aliphatic carbocycles. The van der Waals surface area contributed by atoms with Gasteiger partial charge >= 0.3 is 0 Å². The smallest absolute Gasteiger partial charge is 0.222 e. The van der Waals surface area contributed by atoms with Gasteiger partial charge in [-0.2, -0.15) is 0 Å². The topological polar surface area (TPSA) is 29.1 Å². The largest absolute Gasteiger partial charge is 0.356 e. The van der Waals surface area contributed by atoms with Crippen LogP contribution < -0.4 is 5.32 Å². The summed E-state index contributed by atoms with van der Waals surface area (Å²) >= 11 is 0. The molecule has 2 nitrogen and oxygen atoms in total. The number of amides is 1. The van der Waals surface area contributed by atoms with Gasteiger partial charge in [0.15, 0.2) is 0 Å². The molecule has 0 aromatic heterocycles. The molecule has 1 N–H and O–H groups in total. The molecule has 0 heterocycles. The highest BCUT2D eigenvalue weighted by Gasteiger charge is 2.21. The average molecular weight is 143 g/mol. The first-order valence-corrected chi connectivity index (χ1v) is 3.81. The predicted molar refractivity (Wildman–Crippen MR) is 40.6 cm³/mol. The lowest BCUT2D eigenvalue weighted by Gasteiger charge is -2.05. The van der Waals surface area contributed by atoms with Gasteiger partial charge in [0.05, 0.1) is 0 Å². The second-order valence-corrected chi connectivity index (χ2v) is 3.13. The molecule has 1 saturated carbocycles. The molecule has 1 amide bonds. The van der Waals surface area contributed by atoms with Crippen LogP contribution in [0.4, 0.5) is 0 Å². The molecule has 0 saturated heterocycles. The number of hydrogen-bond acceptors (Lipinski definition) is 1. The van der Waals surface area contributed by atoms with Crippen molar-refractivity contribution in [2.45, 2.75) is 26.7 Å². The number of hydrogen-bond donors (Lipinski definition) is 1. The molecule has 58 valence electrons. The maximum Gasteiger partial charge on any atom is 0.222 e. The summed E-state index contributed by atoms with van der Waals surface area (Å²) in [6.07, 6.45) is 1.04. The average Bonchev–Trinajstić information content (AvgIpc) is 2.61. The van der Waals surface area contributed by atoms with Crippen molar-refractivity contribution in [3.63, 3.8) is 0 Å². The van der Waals surface area contributed by atoms with Gasteiger partial charge in [-0.05, 0) is 18.7 Å². The summed E-state index contributed by atoms with van der Waals surface area (Å²) in [7, 11) is 0. The Hall–Kier alpha value is -0.530. The molecule has 10 heavy (non-hydrogen) atoms. The van der Waals surface area contributed by atoms with Crippen LogP contribution in [0.3, 0.4) is 0 Å². The molecule has 1 aliphatic rings. The van der Waals surface area contributed by atoms with E-state index >= 15 is 0 Å². The van der Waals surface area contributed by atoms with E-state index in [0.717, 1.165) is 6.42 Å². The SMILES string of the molecule is [3H]C1CC1CNC(=O)C(C)C. The lowest BCUT2D eigenvalue weighted by molar-refractivity contribution is -0.124. The molecule has 0 bridgehead atoms. The lowest BCUT2D eigenvalue weighted by atomic mass is 10.2. The Morgan fingerprint density at radius 1 is 1.90 bits per heavy atom. The van der Waals surface area contributed by atoms with Crippen LogP contribution in [0.5, 0.6) is 0 Å². The van der Waals surface area contributed by atoms with Crippen LogP contribution in [0.2, 0.25) is 0 Å². The quantitative estimate of drug-likeness (QED) is 0.631. The number of carbonyl (C=O) groups is 1. The monoisotopic (exact) mass is 143 g/mol. The van der Waals surface area contributed by atoms with E-state index in [2.05, 4.69) is 5.32 Å². The van der Waals surface area contributed by atoms with Crippen LogP contribution in [0.1, 0.15) is 28.0 Å². The maximum absolute atomic E-state index is 11.0. The second-order valence-electron chi connectivity index (χ2n) is 3.13. The van der Waals surface area contributed by atoms with Crippen molar-refractivity contribution >= 4 is 5.91 Å². The lowest BCUT2D eigenvalue weighted by Crippen LogP contribution is -2.29. The van der Waals surface area contributed by atoms with E-state index < -0.39 is 0 Å². The molecule has 2 heteroatoms. The van der Waals surface area contributed by atoms with Crippen molar-refractivity contribution in [2.75, 3.05) is 6.54 Å². The van der Waals surface area contributed by atoms with Gasteiger partial charge in [0, 0.05) is 13.8 Å². The van der Waals surface area contributed by atoms with E-state index in [9.17, 15) is 4.79 Å². The van der Waals surface area contributed by atoms with Crippen molar-refractivity contribution < 1.29 is 6.17 Å². The zero-order valence-corrected chi connectivity index (χ0v) is 6.55. The van der Waals surface area contributed by atoms with Gasteiger partial charge in [-0.3, -0.25) is 4.79 Å². The Kier molecular flexibility index (Phi) is 1.88. The van der Waals surface area contributed by atoms with Crippen molar-refractivity contribution in [1.29, 1.82) is 0 Å². The van der Waals surface area contributed by atoms with Gasteiger partial charge in [-0.1, -0.05) is 13.8 Å². The number of carbonyl (C=O) groups excluding carboxylic acids is 1. The normalized spacial score (nSPS) is 31.7. The molecule has 2 unspecified atom stereocenters. The van der Waals surface area contributed by atoms with E-state index in [0.29, 0.717) is 12.5 Å². The van der Waals surface area contributed by atoms with E-state index in [1.807, 2.05) is 13.8 Å². The summed E-state index contributed by atoms with van der Waals surface area (Å²) in [4.78, 5) is 11.0. The number of nitrogens with one attached hydrogen (secondary N) is 1. The molecule has 0 aromatic carbocycles. The third-order valence-corrected chi connectivity index (χ3v) is 1.63. The molecule has 0 radical (unpaired) electrons. The highest BCUT2D eigenvalue weighted by Crippen LogP contribution is 2.27. The van der Waals surface area contributed by atoms with E-state index in [1.165, 1.54) is 0 Å². The fraction of sp³-hybridized carbons (Fsp3) is 0.875. The summed E-state index contributed by atoms with van der Waals surface area (Å²) in [5, 5.41) is 2.82. The summed E-state index contributed by atoms with van der Waals surface area (Å²) in [5.41, 5.74) is 0. The molecule has 0 aliphatic heterocycles. The van der Waals surface area contributed by atoms with Crippen LogP contribution in [0.25, 0.3) is 0 Å². The van der Waals surface area contributed by atoms with Crippen molar-refractivity contribution in [3.8, 4) is 0 Å². The minimum atomic E-state index is 0.0675. The fourth-order valence-electron chi connectivity index (χ4n) is 0.699. The van der Waals surface area contributed by atoms with Gasteiger partial charge in [-0.25, -0.2) is 0 Å². The van der Waals surface area contributed by atoms with Crippen molar-refractivity contribution in [3.05, 3.63) is 0 Å². The molecule has 1 fully saturated rings. The van der Waals surface area contributed by atoms with Gasteiger partial charge in [0.2, 0.25) is 5.91 Å².